The topological polar surface area (TPSA) is 72.9 Å². The van der Waals surface area contributed by atoms with E-state index in [2.05, 4.69) is 10.2 Å². The second-order valence-corrected chi connectivity index (χ2v) is 8.08. The van der Waals surface area contributed by atoms with Crippen molar-refractivity contribution in [1.82, 2.24) is 9.80 Å². The molecule has 0 radical (unpaired) electrons. The summed E-state index contributed by atoms with van der Waals surface area (Å²) in [7, 11) is 0. The molecule has 6 heteroatoms. The number of piperidine rings is 1. The van der Waals surface area contributed by atoms with Crippen LogP contribution >= 0.6 is 0 Å². The summed E-state index contributed by atoms with van der Waals surface area (Å²) < 4.78 is 0. The number of amides is 2. The number of hydrogen-bond donors (Lipinski definition) is 2. The van der Waals surface area contributed by atoms with Gasteiger partial charge in [0.1, 0.15) is 0 Å². The van der Waals surface area contributed by atoms with Crippen LogP contribution in [0, 0.1) is 5.92 Å². The first-order chi connectivity index (χ1) is 15.0. The van der Waals surface area contributed by atoms with E-state index in [1.807, 2.05) is 44.2 Å². The molecule has 0 spiro atoms. The van der Waals surface area contributed by atoms with Gasteiger partial charge in [0.25, 0.3) is 5.91 Å². The third-order valence-corrected chi connectivity index (χ3v) is 6.03. The molecule has 1 fully saturated rings. The van der Waals surface area contributed by atoms with Crippen LogP contribution in [0.1, 0.15) is 48.7 Å². The van der Waals surface area contributed by atoms with E-state index < -0.39 is 6.10 Å². The lowest BCUT2D eigenvalue weighted by Crippen LogP contribution is -2.40. The van der Waals surface area contributed by atoms with Gasteiger partial charge in [0.15, 0.2) is 0 Å². The van der Waals surface area contributed by atoms with Gasteiger partial charge < -0.3 is 15.3 Å². The van der Waals surface area contributed by atoms with Gasteiger partial charge >= 0.3 is 0 Å². The Labute approximate surface area is 184 Å². The number of benzene rings is 2. The lowest BCUT2D eigenvalue weighted by atomic mass is 9.87. The summed E-state index contributed by atoms with van der Waals surface area (Å²) in [5, 5.41) is 13.5. The van der Waals surface area contributed by atoms with Crippen LogP contribution in [-0.4, -0.2) is 59.4 Å². The SMILES string of the molecule is CCN(CC)C(=O)c1cccc(NC(=O)CN2CCC(C(O)c3ccccc3)CC2)c1. The standard InChI is InChI=1S/C25H33N3O3/c1-3-28(4-2)25(31)21-11-8-12-22(17-21)26-23(29)18-27-15-13-20(14-16-27)24(30)19-9-6-5-7-10-19/h5-12,17,20,24,30H,3-4,13-16,18H2,1-2H3,(H,26,29). The van der Waals surface area contributed by atoms with E-state index in [0.29, 0.717) is 30.9 Å². The molecule has 1 aliphatic rings. The molecular formula is C25H33N3O3. The lowest BCUT2D eigenvalue weighted by Gasteiger charge is -2.34. The third kappa shape index (κ3) is 6.15. The highest BCUT2D eigenvalue weighted by molar-refractivity contribution is 5.97. The molecule has 0 saturated carbocycles. The van der Waals surface area contributed by atoms with Crippen molar-refractivity contribution in [1.29, 1.82) is 0 Å². The zero-order valence-electron chi connectivity index (χ0n) is 18.5. The van der Waals surface area contributed by atoms with Crippen LogP contribution in [-0.2, 0) is 4.79 Å². The first kappa shape index (κ1) is 23.0. The fraction of sp³-hybridized carbons (Fsp3) is 0.440. The summed E-state index contributed by atoms with van der Waals surface area (Å²) in [6.45, 7) is 7.08. The predicted molar refractivity (Wildman–Crippen MR) is 123 cm³/mol. The Hall–Kier alpha value is -2.70. The van der Waals surface area contributed by atoms with E-state index in [1.165, 1.54) is 0 Å². The van der Waals surface area contributed by atoms with Gasteiger partial charge in [-0.05, 0) is 69.5 Å². The lowest BCUT2D eigenvalue weighted by molar-refractivity contribution is -0.117. The molecule has 1 unspecified atom stereocenters. The number of carbonyl (C=O) groups excluding carboxylic acids is 2. The van der Waals surface area contributed by atoms with E-state index in [1.54, 1.807) is 29.2 Å². The number of rotatable bonds is 8. The molecule has 0 aliphatic carbocycles. The molecule has 2 amide bonds. The number of nitrogens with zero attached hydrogens (tertiary/aromatic N) is 2. The minimum atomic E-state index is -0.455. The first-order valence-corrected chi connectivity index (χ1v) is 11.2. The Morgan fingerprint density at radius 1 is 1.06 bits per heavy atom. The Morgan fingerprint density at radius 3 is 2.39 bits per heavy atom. The number of aliphatic hydroxyl groups excluding tert-OH is 1. The van der Waals surface area contributed by atoms with Gasteiger partial charge in [0.2, 0.25) is 5.91 Å². The van der Waals surface area contributed by atoms with E-state index in [0.717, 1.165) is 31.5 Å². The molecule has 1 saturated heterocycles. The molecule has 2 aromatic rings. The van der Waals surface area contributed by atoms with Crippen molar-refractivity contribution >= 4 is 17.5 Å². The van der Waals surface area contributed by atoms with Gasteiger partial charge in [0, 0.05) is 24.3 Å². The van der Waals surface area contributed by atoms with E-state index >= 15 is 0 Å². The minimum Gasteiger partial charge on any atom is -0.388 e. The zero-order chi connectivity index (χ0) is 22.2. The van der Waals surface area contributed by atoms with Crippen LogP contribution in [0.4, 0.5) is 5.69 Å². The maximum Gasteiger partial charge on any atom is 0.253 e. The van der Waals surface area contributed by atoms with Crippen molar-refractivity contribution in [2.24, 2.45) is 5.92 Å². The average molecular weight is 424 g/mol. The molecule has 3 rings (SSSR count). The van der Waals surface area contributed by atoms with Crippen molar-refractivity contribution in [3.63, 3.8) is 0 Å². The molecule has 2 aromatic carbocycles. The van der Waals surface area contributed by atoms with Gasteiger partial charge in [-0.25, -0.2) is 0 Å². The second-order valence-electron chi connectivity index (χ2n) is 8.08. The Morgan fingerprint density at radius 2 is 1.74 bits per heavy atom. The molecule has 6 nitrogen and oxygen atoms in total. The summed E-state index contributed by atoms with van der Waals surface area (Å²) >= 11 is 0. The quantitative estimate of drug-likeness (QED) is 0.681. The molecule has 0 bridgehead atoms. The molecule has 1 heterocycles. The molecule has 1 atom stereocenters. The van der Waals surface area contributed by atoms with Gasteiger partial charge in [-0.2, -0.15) is 0 Å². The first-order valence-electron chi connectivity index (χ1n) is 11.2. The van der Waals surface area contributed by atoms with Gasteiger partial charge in [0.05, 0.1) is 12.6 Å². The van der Waals surface area contributed by atoms with Crippen LogP contribution in [0.5, 0.6) is 0 Å². The minimum absolute atomic E-state index is 0.0276. The van der Waals surface area contributed by atoms with Gasteiger partial charge in [-0.3, -0.25) is 14.5 Å². The Kier molecular flexibility index (Phi) is 8.20. The number of likely N-dealkylation sites (tertiary alicyclic amines) is 1. The highest BCUT2D eigenvalue weighted by Crippen LogP contribution is 2.30. The molecular weight excluding hydrogens is 390 g/mol. The summed E-state index contributed by atoms with van der Waals surface area (Å²) in [6, 6.07) is 16.9. The number of nitrogens with one attached hydrogen (secondary N) is 1. The molecule has 0 aromatic heterocycles. The second kappa shape index (κ2) is 11.1. The van der Waals surface area contributed by atoms with Crippen molar-refractivity contribution in [2.45, 2.75) is 32.8 Å². The highest BCUT2D eigenvalue weighted by Gasteiger charge is 2.27. The van der Waals surface area contributed by atoms with Crippen LogP contribution in [0.15, 0.2) is 54.6 Å². The number of aliphatic hydroxyl groups is 1. The van der Waals surface area contributed by atoms with Crippen molar-refractivity contribution < 1.29 is 14.7 Å². The summed E-state index contributed by atoms with van der Waals surface area (Å²) in [5.74, 6) is 0.0964. The predicted octanol–water partition coefficient (Wildman–Crippen LogP) is 3.55. The summed E-state index contributed by atoms with van der Waals surface area (Å²) in [4.78, 5) is 29.0. The van der Waals surface area contributed by atoms with Crippen molar-refractivity contribution in [3.8, 4) is 0 Å². The van der Waals surface area contributed by atoms with Gasteiger partial charge in [-0.1, -0.05) is 36.4 Å². The fourth-order valence-corrected chi connectivity index (χ4v) is 4.18. The average Bonchev–Trinajstić information content (AvgIpc) is 2.80. The van der Waals surface area contributed by atoms with Gasteiger partial charge in [-0.15, -0.1) is 0 Å². The number of hydrogen-bond acceptors (Lipinski definition) is 4. The number of carbonyl (C=O) groups is 2. The monoisotopic (exact) mass is 423 g/mol. The molecule has 2 N–H and O–H groups in total. The molecule has 1 aliphatic heterocycles. The summed E-state index contributed by atoms with van der Waals surface area (Å²) in [6.07, 6.45) is 1.26. The Balaban J connectivity index is 1.50. The van der Waals surface area contributed by atoms with Crippen LogP contribution in [0.3, 0.4) is 0 Å². The van der Waals surface area contributed by atoms with E-state index in [9.17, 15) is 14.7 Å². The van der Waals surface area contributed by atoms with Crippen molar-refractivity contribution in [3.05, 3.63) is 65.7 Å². The highest BCUT2D eigenvalue weighted by atomic mass is 16.3. The third-order valence-electron chi connectivity index (χ3n) is 6.03. The fourth-order valence-electron chi connectivity index (χ4n) is 4.18. The largest absolute Gasteiger partial charge is 0.388 e. The maximum absolute atomic E-state index is 12.5. The summed E-state index contributed by atoms with van der Waals surface area (Å²) in [5.41, 5.74) is 2.17. The van der Waals surface area contributed by atoms with E-state index in [4.69, 9.17) is 0 Å². The van der Waals surface area contributed by atoms with Crippen LogP contribution in [0.2, 0.25) is 0 Å². The maximum atomic E-state index is 12.5. The zero-order valence-corrected chi connectivity index (χ0v) is 18.5. The molecule has 31 heavy (non-hydrogen) atoms. The van der Waals surface area contributed by atoms with Crippen molar-refractivity contribution in [2.75, 3.05) is 38.0 Å². The van der Waals surface area contributed by atoms with Crippen LogP contribution in [0.25, 0.3) is 0 Å². The van der Waals surface area contributed by atoms with Crippen LogP contribution < -0.4 is 5.32 Å². The van der Waals surface area contributed by atoms with E-state index in [-0.39, 0.29) is 17.7 Å². The number of anilines is 1. The smallest absolute Gasteiger partial charge is 0.253 e. The normalized spacial score (nSPS) is 16.0. The Bertz CT molecular complexity index is 859. The molecule has 166 valence electrons.